The van der Waals surface area contributed by atoms with Crippen molar-refractivity contribution in [2.24, 2.45) is 5.92 Å². The normalized spacial score (nSPS) is 16.8. The van der Waals surface area contributed by atoms with Crippen LogP contribution in [0.5, 0.6) is 0 Å². The summed E-state index contributed by atoms with van der Waals surface area (Å²) in [5.41, 5.74) is 1.01. The lowest BCUT2D eigenvalue weighted by atomic mass is 10.1. The van der Waals surface area contributed by atoms with Gasteiger partial charge in [-0.1, -0.05) is 12.1 Å². The Hall–Kier alpha value is -1.42. The molecule has 17 heavy (non-hydrogen) atoms. The SMILES string of the molecule is O=C(O)C(NCCc1ccc(F)cc1)C1CC1. The van der Waals surface area contributed by atoms with Gasteiger partial charge in [-0.3, -0.25) is 4.79 Å². The number of carboxylic acids is 1. The van der Waals surface area contributed by atoms with Gasteiger partial charge in [-0.05, 0) is 49.4 Å². The van der Waals surface area contributed by atoms with Crippen molar-refractivity contribution in [1.29, 1.82) is 0 Å². The van der Waals surface area contributed by atoms with Gasteiger partial charge in [-0.25, -0.2) is 4.39 Å². The average Bonchev–Trinajstić information content (AvgIpc) is 3.10. The number of carboxylic acid groups (broad SMARTS) is 1. The molecule has 1 aliphatic rings. The minimum atomic E-state index is -0.772. The molecule has 0 aromatic heterocycles. The van der Waals surface area contributed by atoms with E-state index >= 15 is 0 Å². The Bertz CT molecular complexity index is 387. The number of hydrogen-bond donors (Lipinski definition) is 2. The number of aliphatic carboxylic acids is 1. The van der Waals surface area contributed by atoms with Crippen molar-refractivity contribution in [2.75, 3.05) is 6.54 Å². The van der Waals surface area contributed by atoms with Gasteiger partial charge < -0.3 is 10.4 Å². The summed E-state index contributed by atoms with van der Waals surface area (Å²) >= 11 is 0. The number of nitrogens with one attached hydrogen (secondary N) is 1. The Morgan fingerprint density at radius 2 is 2.06 bits per heavy atom. The number of carbonyl (C=O) groups is 1. The van der Waals surface area contributed by atoms with Crippen LogP contribution in [0, 0.1) is 11.7 Å². The molecular weight excluding hydrogens is 221 g/mol. The number of halogens is 1. The van der Waals surface area contributed by atoms with Gasteiger partial charge in [0.25, 0.3) is 0 Å². The van der Waals surface area contributed by atoms with Gasteiger partial charge >= 0.3 is 5.97 Å². The Labute approximate surface area is 99.7 Å². The van der Waals surface area contributed by atoms with Gasteiger partial charge in [0.2, 0.25) is 0 Å². The molecule has 0 heterocycles. The summed E-state index contributed by atoms with van der Waals surface area (Å²) < 4.78 is 12.7. The monoisotopic (exact) mass is 237 g/mol. The van der Waals surface area contributed by atoms with E-state index in [1.54, 1.807) is 12.1 Å². The molecule has 4 heteroatoms. The molecule has 0 radical (unpaired) electrons. The van der Waals surface area contributed by atoms with Gasteiger partial charge in [0.1, 0.15) is 11.9 Å². The topological polar surface area (TPSA) is 49.3 Å². The van der Waals surface area contributed by atoms with E-state index in [2.05, 4.69) is 5.32 Å². The van der Waals surface area contributed by atoms with Crippen molar-refractivity contribution in [3.63, 3.8) is 0 Å². The summed E-state index contributed by atoms with van der Waals surface area (Å²) in [5, 5.41) is 12.1. The zero-order valence-electron chi connectivity index (χ0n) is 9.53. The summed E-state index contributed by atoms with van der Waals surface area (Å²) in [6.07, 6.45) is 2.72. The minimum Gasteiger partial charge on any atom is -0.480 e. The molecule has 0 bridgehead atoms. The van der Waals surface area contributed by atoms with Crippen LogP contribution in [0.4, 0.5) is 4.39 Å². The van der Waals surface area contributed by atoms with E-state index in [0.717, 1.165) is 24.8 Å². The molecule has 1 fully saturated rings. The van der Waals surface area contributed by atoms with E-state index in [4.69, 9.17) is 5.11 Å². The van der Waals surface area contributed by atoms with Crippen LogP contribution in [0.15, 0.2) is 24.3 Å². The van der Waals surface area contributed by atoms with Crippen molar-refractivity contribution in [3.05, 3.63) is 35.6 Å². The first-order chi connectivity index (χ1) is 8.16. The number of rotatable bonds is 6. The molecule has 2 N–H and O–H groups in total. The Kier molecular flexibility index (Phi) is 3.74. The van der Waals surface area contributed by atoms with Crippen LogP contribution in [-0.2, 0) is 11.2 Å². The lowest BCUT2D eigenvalue weighted by molar-refractivity contribution is -0.140. The van der Waals surface area contributed by atoms with Gasteiger partial charge in [0.15, 0.2) is 0 Å². The molecule has 0 amide bonds. The average molecular weight is 237 g/mol. The van der Waals surface area contributed by atoms with E-state index in [1.165, 1.54) is 12.1 Å². The standard InChI is InChI=1S/C13H16FNO2/c14-11-5-1-9(2-6-11)7-8-15-12(13(16)17)10-3-4-10/h1-2,5-6,10,12,15H,3-4,7-8H2,(H,16,17). The predicted octanol–water partition coefficient (Wildman–Crippen LogP) is 1.82. The van der Waals surface area contributed by atoms with Gasteiger partial charge in [-0.15, -0.1) is 0 Å². The summed E-state index contributed by atoms with van der Waals surface area (Å²) in [6, 6.07) is 5.87. The third-order valence-corrected chi connectivity index (χ3v) is 3.05. The molecule has 1 atom stereocenters. The fraction of sp³-hybridized carbons (Fsp3) is 0.462. The van der Waals surface area contributed by atoms with Crippen LogP contribution < -0.4 is 5.32 Å². The molecule has 1 aromatic rings. The van der Waals surface area contributed by atoms with Crippen molar-refractivity contribution in [2.45, 2.75) is 25.3 Å². The summed E-state index contributed by atoms with van der Waals surface area (Å²) in [5.74, 6) is -0.726. The largest absolute Gasteiger partial charge is 0.480 e. The highest BCUT2D eigenvalue weighted by molar-refractivity contribution is 5.74. The van der Waals surface area contributed by atoms with Crippen molar-refractivity contribution in [1.82, 2.24) is 5.32 Å². The maximum absolute atomic E-state index is 12.7. The number of benzene rings is 1. The summed E-state index contributed by atoms with van der Waals surface area (Å²) in [4.78, 5) is 11.0. The second-order valence-corrected chi connectivity index (χ2v) is 4.48. The van der Waals surface area contributed by atoms with Gasteiger partial charge in [0.05, 0.1) is 0 Å². The molecule has 1 aliphatic carbocycles. The highest BCUT2D eigenvalue weighted by Gasteiger charge is 2.35. The van der Waals surface area contributed by atoms with Crippen LogP contribution in [0.3, 0.4) is 0 Å². The molecule has 2 rings (SSSR count). The minimum absolute atomic E-state index is 0.247. The molecule has 92 valence electrons. The highest BCUT2D eigenvalue weighted by atomic mass is 19.1. The molecule has 1 saturated carbocycles. The Morgan fingerprint density at radius 3 is 2.59 bits per heavy atom. The fourth-order valence-electron chi connectivity index (χ4n) is 1.91. The molecule has 0 aliphatic heterocycles. The maximum Gasteiger partial charge on any atom is 0.320 e. The van der Waals surface area contributed by atoms with E-state index in [1.807, 2.05) is 0 Å². The second kappa shape index (κ2) is 5.27. The quantitative estimate of drug-likeness (QED) is 0.793. The van der Waals surface area contributed by atoms with Crippen LogP contribution in [0.25, 0.3) is 0 Å². The molecule has 3 nitrogen and oxygen atoms in total. The maximum atomic E-state index is 12.7. The number of hydrogen-bond acceptors (Lipinski definition) is 2. The van der Waals surface area contributed by atoms with Crippen LogP contribution in [0.1, 0.15) is 18.4 Å². The van der Waals surface area contributed by atoms with Crippen LogP contribution >= 0.6 is 0 Å². The van der Waals surface area contributed by atoms with Crippen LogP contribution in [-0.4, -0.2) is 23.7 Å². The lowest BCUT2D eigenvalue weighted by Crippen LogP contribution is -2.39. The smallest absolute Gasteiger partial charge is 0.320 e. The first kappa shape index (κ1) is 12.0. The molecule has 0 spiro atoms. The summed E-state index contributed by atoms with van der Waals surface area (Å²) in [7, 11) is 0. The molecular formula is C13H16FNO2. The highest BCUT2D eigenvalue weighted by Crippen LogP contribution is 2.32. The first-order valence-electron chi connectivity index (χ1n) is 5.87. The fourth-order valence-corrected chi connectivity index (χ4v) is 1.91. The lowest BCUT2D eigenvalue weighted by Gasteiger charge is -2.13. The molecule has 0 saturated heterocycles. The van der Waals surface area contributed by atoms with Crippen LogP contribution in [0.2, 0.25) is 0 Å². The zero-order chi connectivity index (χ0) is 12.3. The Morgan fingerprint density at radius 1 is 1.41 bits per heavy atom. The zero-order valence-corrected chi connectivity index (χ0v) is 9.53. The van der Waals surface area contributed by atoms with E-state index in [9.17, 15) is 9.18 Å². The van der Waals surface area contributed by atoms with Crippen molar-refractivity contribution in [3.8, 4) is 0 Å². The molecule has 1 aromatic carbocycles. The first-order valence-corrected chi connectivity index (χ1v) is 5.87. The van der Waals surface area contributed by atoms with Gasteiger partial charge in [-0.2, -0.15) is 0 Å². The van der Waals surface area contributed by atoms with Crippen molar-refractivity contribution < 1.29 is 14.3 Å². The van der Waals surface area contributed by atoms with E-state index < -0.39 is 12.0 Å². The second-order valence-electron chi connectivity index (χ2n) is 4.48. The van der Waals surface area contributed by atoms with E-state index in [0.29, 0.717) is 12.5 Å². The summed E-state index contributed by atoms with van der Waals surface area (Å²) in [6.45, 7) is 0.610. The third-order valence-electron chi connectivity index (χ3n) is 3.05. The molecule has 1 unspecified atom stereocenters. The van der Waals surface area contributed by atoms with E-state index in [-0.39, 0.29) is 5.82 Å². The predicted molar refractivity (Wildman–Crippen MR) is 62.3 cm³/mol. The Balaban J connectivity index is 1.78. The third kappa shape index (κ3) is 3.53. The van der Waals surface area contributed by atoms with Gasteiger partial charge in [0, 0.05) is 0 Å². The van der Waals surface area contributed by atoms with Crippen molar-refractivity contribution >= 4 is 5.97 Å².